The second kappa shape index (κ2) is 9.01. The summed E-state index contributed by atoms with van der Waals surface area (Å²) >= 11 is 1.86. The summed E-state index contributed by atoms with van der Waals surface area (Å²) in [6, 6.07) is 6.07. The van der Waals surface area contributed by atoms with E-state index in [1.807, 2.05) is 22.6 Å². The largest absolute Gasteiger partial charge is 0.507 e. The third-order valence-electron chi connectivity index (χ3n) is 7.21. The van der Waals surface area contributed by atoms with Gasteiger partial charge < -0.3 is 40.1 Å². The van der Waals surface area contributed by atoms with Gasteiger partial charge in [-0.25, -0.2) is 0 Å². The Balaban J connectivity index is 1.66. The molecule has 1 aliphatic heterocycles. The van der Waals surface area contributed by atoms with Gasteiger partial charge in [0.15, 0.2) is 17.9 Å². The number of fused-ring (bicyclic) bond motifs is 3. The molecule has 1 heterocycles. The van der Waals surface area contributed by atoms with Crippen LogP contribution in [0, 0.1) is 0 Å². The van der Waals surface area contributed by atoms with E-state index < -0.39 is 69.9 Å². The maximum Gasteiger partial charge on any atom is 0.198 e. The van der Waals surface area contributed by atoms with Gasteiger partial charge in [0, 0.05) is 35.1 Å². The van der Waals surface area contributed by atoms with E-state index in [2.05, 4.69) is 0 Å². The summed E-state index contributed by atoms with van der Waals surface area (Å²) in [4.78, 5) is 26.6. The Kier molecular flexibility index (Phi) is 6.39. The zero-order valence-corrected chi connectivity index (χ0v) is 21.2. The molecule has 0 spiro atoms. The van der Waals surface area contributed by atoms with Crippen LogP contribution in [0.3, 0.4) is 0 Å². The Hall–Kier alpha value is -2.13. The lowest BCUT2D eigenvalue weighted by Gasteiger charge is -2.43. The molecule has 7 atom stereocenters. The van der Waals surface area contributed by atoms with Gasteiger partial charge in [-0.1, -0.05) is 46.9 Å². The van der Waals surface area contributed by atoms with Crippen molar-refractivity contribution in [1.29, 1.82) is 0 Å². The minimum atomic E-state index is -1.78. The number of hydrogen-bond acceptors (Lipinski definition) is 10. The average molecular weight is 612 g/mol. The monoisotopic (exact) mass is 612 g/mol. The molecule has 0 saturated carbocycles. The van der Waals surface area contributed by atoms with E-state index in [1.54, 1.807) is 19.1 Å². The molecule has 3 aliphatic rings. The molecular weight excluding hydrogens is 587 g/mol. The van der Waals surface area contributed by atoms with Crippen molar-refractivity contribution in [2.75, 3.05) is 6.61 Å². The molecule has 36 heavy (non-hydrogen) atoms. The molecule has 0 aromatic heterocycles. The fourth-order valence-electron chi connectivity index (χ4n) is 5.26. The molecule has 11 heteroatoms. The lowest BCUT2D eigenvalue weighted by Crippen LogP contribution is -2.55. The fraction of sp³-hybridized carbons (Fsp3) is 0.440. The molecule has 0 radical (unpaired) electrons. The molecule has 0 amide bonds. The van der Waals surface area contributed by atoms with Crippen molar-refractivity contribution in [3.05, 3.63) is 57.6 Å². The van der Waals surface area contributed by atoms with Crippen LogP contribution in [-0.4, -0.2) is 82.9 Å². The smallest absolute Gasteiger partial charge is 0.198 e. The van der Waals surface area contributed by atoms with Gasteiger partial charge in [-0.3, -0.25) is 9.59 Å². The first kappa shape index (κ1) is 25.5. The number of aliphatic hydroxyl groups is 4. The molecule has 0 bridgehead atoms. The lowest BCUT2D eigenvalue weighted by molar-refractivity contribution is -0.260. The van der Waals surface area contributed by atoms with Crippen LogP contribution in [0.5, 0.6) is 11.5 Å². The SMILES string of the molecule is C[C@@H]1O[C@@H](O[C@H]2C[C@](O)(CO)Cc3c(O)c4c(c(O)c32)C(=O)c2ccccc2C4=O)[C@H](I)[C@H](O)[C@H]1O. The number of ketones is 2. The van der Waals surface area contributed by atoms with Crippen LogP contribution in [0.2, 0.25) is 0 Å². The standard InChI is InChI=1S/C25H25IO10/c1-9-18(28)23(33)17(26)24(35-9)36-13-7-25(34,8-27)6-12-14(13)22(32)16-15(21(12)31)19(29)10-4-2-3-5-11(10)20(16)30/h2-5,9,13,17-18,23-24,27-28,31-34H,6-8H2,1H3/t9-,13-,17+,18-,23-,24-,25-/m0/s1. The Morgan fingerprint density at radius 2 is 1.64 bits per heavy atom. The second-order valence-electron chi connectivity index (χ2n) is 9.57. The number of aromatic hydroxyl groups is 2. The van der Waals surface area contributed by atoms with Crippen molar-refractivity contribution in [2.45, 2.75) is 60.0 Å². The zero-order valence-electron chi connectivity index (χ0n) is 19.1. The van der Waals surface area contributed by atoms with Gasteiger partial charge in [0.25, 0.3) is 0 Å². The summed E-state index contributed by atoms with van der Waals surface area (Å²) in [5, 5.41) is 64.0. The first-order valence-electron chi connectivity index (χ1n) is 11.4. The van der Waals surface area contributed by atoms with E-state index in [9.17, 15) is 40.2 Å². The van der Waals surface area contributed by atoms with Crippen LogP contribution in [0.25, 0.3) is 0 Å². The van der Waals surface area contributed by atoms with Gasteiger partial charge in [0.2, 0.25) is 0 Å². The summed E-state index contributed by atoms with van der Waals surface area (Å²) in [6.45, 7) is 0.837. The normalized spacial score (nSPS) is 33.6. The number of ether oxygens (including phenoxy) is 2. The van der Waals surface area contributed by atoms with Gasteiger partial charge >= 0.3 is 0 Å². The van der Waals surface area contributed by atoms with E-state index in [-0.39, 0.29) is 46.2 Å². The topological polar surface area (TPSA) is 174 Å². The number of phenols is 2. The molecule has 5 rings (SSSR count). The first-order valence-corrected chi connectivity index (χ1v) is 12.7. The maximum atomic E-state index is 13.3. The van der Waals surface area contributed by atoms with E-state index in [1.165, 1.54) is 12.1 Å². The van der Waals surface area contributed by atoms with Gasteiger partial charge in [-0.2, -0.15) is 0 Å². The lowest BCUT2D eigenvalue weighted by atomic mass is 9.73. The second-order valence-corrected chi connectivity index (χ2v) is 11.0. The minimum absolute atomic E-state index is 0.00892. The van der Waals surface area contributed by atoms with Crippen molar-refractivity contribution in [1.82, 2.24) is 0 Å². The summed E-state index contributed by atoms with van der Waals surface area (Å²) in [5.74, 6) is -2.44. The number of aliphatic hydroxyl groups excluding tert-OH is 3. The van der Waals surface area contributed by atoms with Gasteiger partial charge in [0.1, 0.15) is 17.6 Å². The number of alkyl halides is 1. The number of rotatable bonds is 3. The van der Waals surface area contributed by atoms with E-state index in [0.717, 1.165) is 0 Å². The van der Waals surface area contributed by atoms with Crippen LogP contribution in [0.4, 0.5) is 0 Å². The van der Waals surface area contributed by atoms with E-state index >= 15 is 0 Å². The van der Waals surface area contributed by atoms with Crippen LogP contribution in [-0.2, 0) is 15.9 Å². The number of hydrogen-bond donors (Lipinski definition) is 6. The minimum Gasteiger partial charge on any atom is -0.507 e. The highest BCUT2D eigenvalue weighted by Gasteiger charge is 2.49. The van der Waals surface area contributed by atoms with E-state index in [0.29, 0.717) is 0 Å². The number of halogens is 1. The summed E-state index contributed by atoms with van der Waals surface area (Å²) in [7, 11) is 0. The van der Waals surface area contributed by atoms with E-state index in [4.69, 9.17) is 9.47 Å². The molecular formula is C25H25IO10. The molecule has 10 nitrogen and oxygen atoms in total. The molecule has 6 N–H and O–H groups in total. The van der Waals surface area contributed by atoms with Crippen LogP contribution in [0.15, 0.2) is 24.3 Å². The molecule has 1 fully saturated rings. The first-order chi connectivity index (χ1) is 17.0. The van der Waals surface area contributed by atoms with Crippen molar-refractivity contribution in [2.24, 2.45) is 0 Å². The highest BCUT2D eigenvalue weighted by atomic mass is 127. The molecule has 0 unspecified atom stereocenters. The average Bonchev–Trinajstić information content (AvgIpc) is 2.86. The Labute approximate surface area is 219 Å². The predicted molar refractivity (Wildman–Crippen MR) is 131 cm³/mol. The molecule has 1 saturated heterocycles. The zero-order chi connectivity index (χ0) is 26.1. The van der Waals surface area contributed by atoms with Crippen molar-refractivity contribution in [3.8, 4) is 11.5 Å². The number of phenolic OH excluding ortho intramolecular Hbond substituents is 2. The van der Waals surface area contributed by atoms with Gasteiger partial charge in [-0.05, 0) is 6.92 Å². The highest BCUT2D eigenvalue weighted by Crippen LogP contribution is 2.52. The van der Waals surface area contributed by atoms with Crippen LogP contribution in [0.1, 0.15) is 62.4 Å². The van der Waals surface area contributed by atoms with Gasteiger partial charge in [0.05, 0.1) is 45.6 Å². The quantitative estimate of drug-likeness (QED) is 0.142. The molecule has 2 aromatic rings. The molecule has 2 aliphatic carbocycles. The number of carbonyl (C=O) groups is 2. The Bertz CT molecular complexity index is 1260. The van der Waals surface area contributed by atoms with Crippen molar-refractivity contribution < 1.29 is 49.7 Å². The summed E-state index contributed by atoms with van der Waals surface area (Å²) in [6.07, 6.45) is -6.00. The highest BCUT2D eigenvalue weighted by molar-refractivity contribution is 14.1. The molecule has 192 valence electrons. The summed E-state index contributed by atoms with van der Waals surface area (Å²) in [5.41, 5.74) is -2.40. The van der Waals surface area contributed by atoms with Crippen LogP contribution >= 0.6 is 22.6 Å². The van der Waals surface area contributed by atoms with Crippen molar-refractivity contribution >= 4 is 34.2 Å². The third kappa shape index (κ3) is 3.76. The third-order valence-corrected chi connectivity index (χ3v) is 8.54. The number of carbonyl (C=O) groups excluding carboxylic acids is 2. The number of benzene rings is 2. The summed E-state index contributed by atoms with van der Waals surface area (Å²) < 4.78 is 11.1. The Morgan fingerprint density at radius 1 is 1.06 bits per heavy atom. The molecule has 2 aromatic carbocycles. The van der Waals surface area contributed by atoms with Gasteiger partial charge in [-0.15, -0.1) is 0 Å². The predicted octanol–water partition coefficient (Wildman–Crippen LogP) is 0.871. The maximum absolute atomic E-state index is 13.3. The fourth-order valence-corrected chi connectivity index (χ4v) is 6.02. The van der Waals surface area contributed by atoms with Crippen LogP contribution < -0.4 is 0 Å². The Morgan fingerprint density at radius 3 is 2.22 bits per heavy atom. The van der Waals surface area contributed by atoms with Crippen molar-refractivity contribution in [3.63, 3.8) is 0 Å².